The molecule has 1 rings (SSSR count). The standard InChI is InChI=1S/C18H30/c1-5-17-11-9-7-8-10-13-18(4,6-2)14-12-16(3)15-17/h1,15-16H,6-14H2,2-4H3. The number of hydrogen-bond donors (Lipinski definition) is 0. The van der Waals surface area contributed by atoms with Crippen LogP contribution in [0, 0.1) is 23.7 Å². The van der Waals surface area contributed by atoms with Gasteiger partial charge in [0.15, 0.2) is 0 Å². The number of hydrogen-bond acceptors (Lipinski definition) is 0. The van der Waals surface area contributed by atoms with Gasteiger partial charge in [0.2, 0.25) is 0 Å². The molecule has 102 valence electrons. The minimum Gasteiger partial charge on any atom is -0.115 e. The Morgan fingerprint density at radius 1 is 1.28 bits per heavy atom. The van der Waals surface area contributed by atoms with E-state index in [1.54, 1.807) is 0 Å². The van der Waals surface area contributed by atoms with E-state index in [1.165, 1.54) is 56.9 Å². The fourth-order valence-corrected chi connectivity index (χ4v) is 2.91. The lowest BCUT2D eigenvalue weighted by Gasteiger charge is -2.29. The molecule has 1 aliphatic rings. The van der Waals surface area contributed by atoms with Crippen LogP contribution in [0.3, 0.4) is 0 Å². The van der Waals surface area contributed by atoms with Gasteiger partial charge in [-0.2, -0.15) is 0 Å². The summed E-state index contributed by atoms with van der Waals surface area (Å²) in [6.45, 7) is 7.13. The fraction of sp³-hybridized carbons (Fsp3) is 0.778. The minimum absolute atomic E-state index is 0.553. The molecule has 2 unspecified atom stereocenters. The van der Waals surface area contributed by atoms with E-state index in [1.807, 2.05) is 0 Å². The minimum atomic E-state index is 0.553. The van der Waals surface area contributed by atoms with Crippen molar-refractivity contribution in [2.24, 2.45) is 11.3 Å². The van der Waals surface area contributed by atoms with Gasteiger partial charge in [0, 0.05) is 0 Å². The first-order valence-electron chi connectivity index (χ1n) is 7.77. The summed E-state index contributed by atoms with van der Waals surface area (Å²) in [5.74, 6) is 3.52. The Morgan fingerprint density at radius 2 is 2.00 bits per heavy atom. The molecule has 0 saturated heterocycles. The summed E-state index contributed by atoms with van der Waals surface area (Å²) in [6.07, 6.45) is 19.8. The van der Waals surface area contributed by atoms with E-state index in [4.69, 9.17) is 6.42 Å². The zero-order valence-corrected chi connectivity index (χ0v) is 12.6. The molecule has 0 heterocycles. The van der Waals surface area contributed by atoms with Crippen LogP contribution in [0.5, 0.6) is 0 Å². The smallest absolute Gasteiger partial charge is 0.00196 e. The third-order valence-electron chi connectivity index (χ3n) is 4.70. The highest BCUT2D eigenvalue weighted by atomic mass is 14.3. The van der Waals surface area contributed by atoms with Gasteiger partial charge in [-0.3, -0.25) is 0 Å². The van der Waals surface area contributed by atoms with Crippen LogP contribution in [0.25, 0.3) is 0 Å². The molecule has 0 radical (unpaired) electrons. The molecular formula is C18H30. The Bertz CT molecular complexity index is 304. The average Bonchev–Trinajstić information content (AvgIpc) is 2.37. The number of allylic oxidation sites excluding steroid dienone is 2. The first kappa shape index (κ1) is 15.4. The monoisotopic (exact) mass is 246 g/mol. The normalized spacial score (nSPS) is 31.7. The van der Waals surface area contributed by atoms with Gasteiger partial charge in [-0.25, -0.2) is 0 Å². The van der Waals surface area contributed by atoms with E-state index in [0.717, 1.165) is 6.42 Å². The van der Waals surface area contributed by atoms with Crippen molar-refractivity contribution in [3.8, 4) is 12.3 Å². The molecule has 0 fully saturated rings. The van der Waals surface area contributed by atoms with Crippen molar-refractivity contribution < 1.29 is 0 Å². The van der Waals surface area contributed by atoms with Crippen molar-refractivity contribution >= 4 is 0 Å². The van der Waals surface area contributed by atoms with E-state index in [2.05, 4.69) is 32.8 Å². The molecule has 0 aromatic heterocycles. The SMILES string of the molecule is C#CC1=CC(C)CCC(C)(CC)CCCCCC1. The van der Waals surface area contributed by atoms with Crippen LogP contribution in [-0.4, -0.2) is 0 Å². The van der Waals surface area contributed by atoms with Crippen molar-refractivity contribution in [3.05, 3.63) is 11.6 Å². The third-order valence-corrected chi connectivity index (χ3v) is 4.70. The molecule has 0 nitrogen and oxygen atoms in total. The third kappa shape index (κ3) is 5.30. The lowest BCUT2D eigenvalue weighted by Crippen LogP contribution is -2.16. The first-order valence-corrected chi connectivity index (χ1v) is 7.77. The summed E-state index contributed by atoms with van der Waals surface area (Å²) in [5.41, 5.74) is 1.79. The molecule has 0 bridgehead atoms. The maximum atomic E-state index is 5.61. The van der Waals surface area contributed by atoms with Crippen molar-refractivity contribution in [2.75, 3.05) is 0 Å². The molecule has 0 aliphatic heterocycles. The van der Waals surface area contributed by atoms with Crippen LogP contribution < -0.4 is 0 Å². The second-order valence-electron chi connectivity index (χ2n) is 6.43. The molecule has 0 heteroatoms. The van der Waals surface area contributed by atoms with Gasteiger partial charge in [-0.05, 0) is 49.0 Å². The lowest BCUT2D eigenvalue weighted by atomic mass is 9.76. The molecule has 0 amide bonds. The van der Waals surface area contributed by atoms with Gasteiger partial charge < -0.3 is 0 Å². The highest BCUT2D eigenvalue weighted by Crippen LogP contribution is 2.35. The van der Waals surface area contributed by atoms with E-state index in [0.29, 0.717) is 11.3 Å². The van der Waals surface area contributed by atoms with Crippen molar-refractivity contribution in [3.63, 3.8) is 0 Å². The fourth-order valence-electron chi connectivity index (χ4n) is 2.91. The molecular weight excluding hydrogens is 216 g/mol. The highest BCUT2D eigenvalue weighted by Gasteiger charge is 2.22. The van der Waals surface area contributed by atoms with E-state index in [9.17, 15) is 0 Å². The number of terminal acetylenes is 1. The Morgan fingerprint density at radius 3 is 2.67 bits per heavy atom. The molecule has 0 aromatic carbocycles. The van der Waals surface area contributed by atoms with E-state index < -0.39 is 0 Å². The van der Waals surface area contributed by atoms with E-state index in [-0.39, 0.29) is 0 Å². The second kappa shape index (κ2) is 7.67. The van der Waals surface area contributed by atoms with Crippen LogP contribution in [0.4, 0.5) is 0 Å². The Balaban J connectivity index is 2.69. The topological polar surface area (TPSA) is 0 Å². The van der Waals surface area contributed by atoms with Gasteiger partial charge in [-0.15, -0.1) is 6.42 Å². The van der Waals surface area contributed by atoms with Gasteiger partial charge in [-0.1, -0.05) is 58.5 Å². The van der Waals surface area contributed by atoms with Crippen LogP contribution in [0.15, 0.2) is 11.6 Å². The summed E-state index contributed by atoms with van der Waals surface area (Å²) in [6, 6.07) is 0. The molecule has 0 N–H and O–H groups in total. The Hall–Kier alpha value is -0.700. The molecule has 0 aromatic rings. The molecule has 0 saturated carbocycles. The maximum absolute atomic E-state index is 5.61. The highest BCUT2D eigenvalue weighted by molar-refractivity contribution is 5.25. The van der Waals surface area contributed by atoms with Crippen molar-refractivity contribution in [1.29, 1.82) is 0 Å². The summed E-state index contributed by atoms with van der Waals surface area (Å²) < 4.78 is 0. The van der Waals surface area contributed by atoms with Gasteiger partial charge in [0.05, 0.1) is 0 Å². The largest absolute Gasteiger partial charge is 0.115 e. The van der Waals surface area contributed by atoms with Gasteiger partial charge in [0.25, 0.3) is 0 Å². The predicted octanol–water partition coefficient (Wildman–Crippen LogP) is 5.73. The molecule has 0 spiro atoms. The zero-order chi connectivity index (χ0) is 13.4. The molecule has 18 heavy (non-hydrogen) atoms. The summed E-state index contributed by atoms with van der Waals surface area (Å²) in [5, 5.41) is 0. The van der Waals surface area contributed by atoms with E-state index >= 15 is 0 Å². The maximum Gasteiger partial charge on any atom is -0.00196 e. The summed E-state index contributed by atoms with van der Waals surface area (Å²) >= 11 is 0. The average molecular weight is 246 g/mol. The van der Waals surface area contributed by atoms with Crippen molar-refractivity contribution in [2.45, 2.75) is 78.6 Å². The summed E-state index contributed by atoms with van der Waals surface area (Å²) in [4.78, 5) is 0. The molecule has 2 atom stereocenters. The van der Waals surface area contributed by atoms with Gasteiger partial charge in [0.1, 0.15) is 0 Å². The van der Waals surface area contributed by atoms with Crippen LogP contribution in [-0.2, 0) is 0 Å². The van der Waals surface area contributed by atoms with Gasteiger partial charge >= 0.3 is 0 Å². The number of rotatable bonds is 1. The second-order valence-corrected chi connectivity index (χ2v) is 6.43. The Kier molecular flexibility index (Phi) is 6.55. The van der Waals surface area contributed by atoms with Crippen LogP contribution >= 0.6 is 0 Å². The van der Waals surface area contributed by atoms with Crippen LogP contribution in [0.1, 0.15) is 78.6 Å². The predicted molar refractivity (Wildman–Crippen MR) is 81.4 cm³/mol. The van der Waals surface area contributed by atoms with Crippen molar-refractivity contribution in [1.82, 2.24) is 0 Å². The first-order chi connectivity index (χ1) is 8.59. The quantitative estimate of drug-likeness (QED) is 0.518. The lowest BCUT2D eigenvalue weighted by molar-refractivity contribution is 0.235. The summed E-state index contributed by atoms with van der Waals surface area (Å²) in [7, 11) is 0. The van der Waals surface area contributed by atoms with Crippen LogP contribution in [0.2, 0.25) is 0 Å². The molecule has 1 aliphatic carbocycles. The Labute approximate surface area is 114 Å². The zero-order valence-electron chi connectivity index (χ0n) is 12.6.